The zero-order valence-corrected chi connectivity index (χ0v) is 20.1. The highest BCUT2D eigenvalue weighted by atomic mass is 35.5. The number of aryl methyl sites for hydroxylation is 1. The van der Waals surface area contributed by atoms with E-state index in [0.717, 1.165) is 40.9 Å². The summed E-state index contributed by atoms with van der Waals surface area (Å²) < 4.78 is 23.6. The van der Waals surface area contributed by atoms with Gasteiger partial charge in [0.05, 0.1) is 35.7 Å². The van der Waals surface area contributed by atoms with Crippen LogP contribution in [-0.4, -0.2) is 39.4 Å². The quantitative estimate of drug-likeness (QED) is 0.419. The van der Waals surface area contributed by atoms with Crippen LogP contribution in [0.15, 0.2) is 59.8 Å². The number of ether oxygens (including phenoxy) is 1. The predicted octanol–water partition coefficient (Wildman–Crippen LogP) is 4.86. The van der Waals surface area contributed by atoms with Gasteiger partial charge in [-0.05, 0) is 37.6 Å². The van der Waals surface area contributed by atoms with E-state index in [2.05, 4.69) is 24.8 Å². The van der Waals surface area contributed by atoms with Crippen LogP contribution >= 0.6 is 11.6 Å². The molecule has 3 aromatic heterocycles. The smallest absolute Gasteiger partial charge is 0.251 e. The molecule has 0 spiro atoms. The molecule has 34 heavy (non-hydrogen) atoms. The van der Waals surface area contributed by atoms with Gasteiger partial charge in [0.1, 0.15) is 11.5 Å². The standard InChI is InChI=1S/C26H26ClFN4O2/c1-16-12-32(13-17(2)34-16)20-10-21-22(15-30(3)26(21)29-11-20)18-7-8-31(24(33)9-18)14-19-5-4-6-23(27)25(19)28/h4-11,15-17H,12-14H2,1-3H3/t16-,17+. The molecular formula is C26H26ClFN4O2. The highest BCUT2D eigenvalue weighted by molar-refractivity contribution is 6.30. The number of morpholine rings is 1. The number of nitrogens with zero attached hydrogens (tertiary/aromatic N) is 4. The van der Waals surface area contributed by atoms with Crippen LogP contribution in [0, 0.1) is 5.82 Å². The van der Waals surface area contributed by atoms with Crippen molar-refractivity contribution in [2.75, 3.05) is 18.0 Å². The van der Waals surface area contributed by atoms with E-state index in [1.54, 1.807) is 24.4 Å². The van der Waals surface area contributed by atoms with Crippen molar-refractivity contribution in [1.82, 2.24) is 14.1 Å². The Bertz CT molecular complexity index is 1420. The van der Waals surface area contributed by atoms with Gasteiger partial charge in [-0.3, -0.25) is 4.79 Å². The molecule has 1 fully saturated rings. The van der Waals surface area contributed by atoms with Crippen molar-refractivity contribution in [2.24, 2.45) is 7.05 Å². The molecule has 0 amide bonds. The highest BCUT2D eigenvalue weighted by Gasteiger charge is 2.23. The van der Waals surface area contributed by atoms with Gasteiger partial charge in [0.25, 0.3) is 5.56 Å². The molecule has 0 N–H and O–H groups in total. The van der Waals surface area contributed by atoms with E-state index in [0.29, 0.717) is 5.56 Å². The first-order valence-corrected chi connectivity index (χ1v) is 11.7. The number of hydrogen-bond donors (Lipinski definition) is 0. The Morgan fingerprint density at radius 1 is 1.18 bits per heavy atom. The molecule has 0 bridgehead atoms. The number of fused-ring (bicyclic) bond motifs is 1. The predicted molar refractivity (Wildman–Crippen MR) is 133 cm³/mol. The number of benzene rings is 1. The first-order chi connectivity index (χ1) is 16.3. The lowest BCUT2D eigenvalue weighted by Gasteiger charge is -2.36. The molecule has 4 heterocycles. The molecule has 1 saturated heterocycles. The van der Waals surface area contributed by atoms with Gasteiger partial charge in [-0.15, -0.1) is 0 Å². The molecule has 1 aliphatic heterocycles. The van der Waals surface area contributed by atoms with Gasteiger partial charge < -0.3 is 18.8 Å². The summed E-state index contributed by atoms with van der Waals surface area (Å²) in [5, 5.41) is 1.02. The lowest BCUT2D eigenvalue weighted by atomic mass is 10.1. The topological polar surface area (TPSA) is 52.3 Å². The van der Waals surface area contributed by atoms with Gasteiger partial charge in [-0.25, -0.2) is 9.37 Å². The Balaban J connectivity index is 1.50. The van der Waals surface area contributed by atoms with Crippen molar-refractivity contribution < 1.29 is 9.13 Å². The maximum Gasteiger partial charge on any atom is 0.251 e. The normalized spacial score (nSPS) is 18.6. The summed E-state index contributed by atoms with van der Waals surface area (Å²) >= 11 is 5.89. The molecule has 0 saturated carbocycles. The molecule has 5 rings (SSSR count). The molecule has 0 radical (unpaired) electrons. The van der Waals surface area contributed by atoms with Gasteiger partial charge >= 0.3 is 0 Å². The summed E-state index contributed by atoms with van der Waals surface area (Å²) in [6.45, 7) is 5.87. The fourth-order valence-corrected chi connectivity index (χ4v) is 4.90. The Morgan fingerprint density at radius 3 is 2.68 bits per heavy atom. The van der Waals surface area contributed by atoms with E-state index in [9.17, 15) is 9.18 Å². The SMILES string of the molecule is C[C@@H]1CN(c2cnc3c(c2)c(-c2ccn(Cc4cccc(Cl)c4F)c(=O)c2)cn3C)C[C@H](C)O1. The number of aromatic nitrogens is 3. The van der Waals surface area contributed by atoms with Crippen molar-refractivity contribution >= 4 is 28.3 Å². The number of halogens is 2. The fourth-order valence-electron chi connectivity index (χ4n) is 4.70. The summed E-state index contributed by atoms with van der Waals surface area (Å²) in [7, 11) is 1.94. The summed E-state index contributed by atoms with van der Waals surface area (Å²) in [6.07, 6.45) is 5.87. The first kappa shape index (κ1) is 22.6. The second-order valence-electron chi connectivity index (χ2n) is 8.98. The zero-order chi connectivity index (χ0) is 24.0. The molecule has 6 nitrogen and oxygen atoms in total. The molecule has 1 aliphatic rings. The average molecular weight is 481 g/mol. The van der Waals surface area contributed by atoms with Crippen molar-refractivity contribution in [3.63, 3.8) is 0 Å². The van der Waals surface area contributed by atoms with Gasteiger partial charge in [-0.2, -0.15) is 0 Å². The minimum absolute atomic E-state index is 0.0466. The molecular weight excluding hydrogens is 455 g/mol. The average Bonchev–Trinajstić information content (AvgIpc) is 3.13. The Kier molecular flexibility index (Phi) is 5.91. The second kappa shape index (κ2) is 8.89. The van der Waals surface area contributed by atoms with E-state index in [1.165, 1.54) is 10.6 Å². The number of anilines is 1. The largest absolute Gasteiger partial charge is 0.372 e. The number of rotatable bonds is 4. The van der Waals surface area contributed by atoms with E-state index in [1.807, 2.05) is 30.1 Å². The van der Waals surface area contributed by atoms with Crippen LogP contribution in [0.1, 0.15) is 19.4 Å². The minimum atomic E-state index is -0.500. The van der Waals surface area contributed by atoms with Crippen LogP contribution in [0.4, 0.5) is 10.1 Å². The van der Waals surface area contributed by atoms with E-state index in [-0.39, 0.29) is 29.3 Å². The van der Waals surface area contributed by atoms with Crippen molar-refractivity contribution in [1.29, 1.82) is 0 Å². The molecule has 0 aliphatic carbocycles. The number of pyridine rings is 2. The lowest BCUT2D eigenvalue weighted by molar-refractivity contribution is -0.00522. The minimum Gasteiger partial charge on any atom is -0.372 e. The first-order valence-electron chi connectivity index (χ1n) is 11.3. The van der Waals surface area contributed by atoms with E-state index in [4.69, 9.17) is 21.3 Å². The van der Waals surface area contributed by atoms with E-state index < -0.39 is 5.82 Å². The molecule has 2 atom stereocenters. The number of hydrogen-bond acceptors (Lipinski definition) is 4. The lowest BCUT2D eigenvalue weighted by Crippen LogP contribution is -2.45. The van der Waals surface area contributed by atoms with Gasteiger partial charge in [0.2, 0.25) is 0 Å². The van der Waals surface area contributed by atoms with Crippen molar-refractivity contribution in [3.05, 3.63) is 81.7 Å². The summed E-state index contributed by atoms with van der Waals surface area (Å²) in [5.74, 6) is -0.500. The third-order valence-corrected chi connectivity index (χ3v) is 6.56. The molecule has 0 unspecified atom stereocenters. The molecule has 1 aromatic carbocycles. The monoisotopic (exact) mass is 480 g/mol. The molecule has 176 valence electrons. The van der Waals surface area contributed by atoms with Crippen molar-refractivity contribution in [2.45, 2.75) is 32.6 Å². The van der Waals surface area contributed by atoms with Crippen LogP contribution in [0.25, 0.3) is 22.2 Å². The van der Waals surface area contributed by atoms with E-state index >= 15 is 0 Å². The summed E-state index contributed by atoms with van der Waals surface area (Å²) in [6, 6.07) is 10.4. The fraction of sp³-hybridized carbons (Fsp3) is 0.308. The zero-order valence-electron chi connectivity index (χ0n) is 19.3. The van der Waals surface area contributed by atoms with Crippen LogP contribution < -0.4 is 10.5 Å². The maximum atomic E-state index is 14.3. The molecule has 8 heteroatoms. The maximum absolute atomic E-state index is 14.3. The third kappa shape index (κ3) is 4.21. The van der Waals surface area contributed by atoms with Crippen LogP contribution in [0.3, 0.4) is 0 Å². The second-order valence-corrected chi connectivity index (χ2v) is 9.38. The molecule has 4 aromatic rings. The van der Waals surface area contributed by atoms with Gasteiger partial charge in [-0.1, -0.05) is 23.7 Å². The third-order valence-electron chi connectivity index (χ3n) is 6.26. The Labute approximate surface area is 202 Å². The summed E-state index contributed by atoms with van der Waals surface area (Å²) in [4.78, 5) is 19.9. The highest BCUT2D eigenvalue weighted by Crippen LogP contribution is 2.32. The van der Waals surface area contributed by atoms with Crippen molar-refractivity contribution in [3.8, 4) is 11.1 Å². The van der Waals surface area contributed by atoms with Gasteiger partial charge in [0.15, 0.2) is 0 Å². The van der Waals surface area contributed by atoms with Crippen LogP contribution in [0.2, 0.25) is 5.02 Å². The Morgan fingerprint density at radius 2 is 1.94 bits per heavy atom. The Hall–Kier alpha value is -3.16. The van der Waals surface area contributed by atoms with Crippen LogP contribution in [0.5, 0.6) is 0 Å². The van der Waals surface area contributed by atoms with Gasteiger partial charge in [0, 0.05) is 55.1 Å². The summed E-state index contributed by atoms with van der Waals surface area (Å²) in [5.41, 5.74) is 3.76. The van der Waals surface area contributed by atoms with Crippen LogP contribution in [-0.2, 0) is 18.3 Å².